The number of aryl methyl sites for hydroxylation is 1. The Balaban J connectivity index is 2.42. The molecule has 0 bridgehead atoms. The number of amides is 1. The van der Waals surface area contributed by atoms with Gasteiger partial charge in [0.1, 0.15) is 4.88 Å². The van der Waals surface area contributed by atoms with Crippen LogP contribution in [0.2, 0.25) is 0 Å². The number of nitriles is 1. The number of nitrogens with zero attached hydrogens (tertiary/aromatic N) is 2. The number of hydrogen-bond acceptors (Lipinski definition) is 4. The van der Waals surface area contributed by atoms with Gasteiger partial charge in [0.05, 0.1) is 18.2 Å². The maximum absolute atomic E-state index is 12.5. The second-order valence-corrected chi connectivity index (χ2v) is 5.61. The molecular weight excluding hydrogens is 270 g/mol. The van der Waals surface area contributed by atoms with Crippen molar-refractivity contribution in [3.8, 4) is 6.07 Å². The molecule has 2 aromatic rings. The number of carbonyl (C=O) groups is 1. The van der Waals surface area contributed by atoms with Crippen LogP contribution < -0.4 is 5.73 Å². The second-order valence-electron chi connectivity index (χ2n) is 4.59. The predicted molar refractivity (Wildman–Crippen MR) is 82.8 cm³/mol. The van der Waals surface area contributed by atoms with E-state index in [0.717, 1.165) is 15.6 Å². The summed E-state index contributed by atoms with van der Waals surface area (Å²) < 4.78 is 1.06. The van der Waals surface area contributed by atoms with E-state index >= 15 is 0 Å². The van der Waals surface area contributed by atoms with Crippen LogP contribution >= 0.6 is 11.3 Å². The topological polar surface area (TPSA) is 70.1 Å². The average molecular weight is 287 g/mol. The lowest BCUT2D eigenvalue weighted by atomic mass is 10.1. The number of anilines is 1. The van der Waals surface area contributed by atoms with Crippen molar-refractivity contribution in [2.75, 3.05) is 18.8 Å². The molecule has 1 amide bonds. The van der Waals surface area contributed by atoms with Gasteiger partial charge in [0.15, 0.2) is 0 Å². The molecule has 20 heavy (non-hydrogen) atoms. The van der Waals surface area contributed by atoms with Crippen molar-refractivity contribution in [3.05, 3.63) is 28.6 Å². The molecule has 0 unspecified atom stereocenters. The largest absolute Gasteiger partial charge is 0.397 e. The Hall–Kier alpha value is -2.06. The molecule has 2 N–H and O–H groups in total. The second kappa shape index (κ2) is 5.93. The predicted octanol–water partition coefficient (Wildman–Crippen LogP) is 3.17. The van der Waals surface area contributed by atoms with Gasteiger partial charge in [-0.05, 0) is 19.4 Å². The number of benzene rings is 1. The number of hydrogen-bond donors (Lipinski definition) is 1. The Morgan fingerprint density at radius 3 is 2.85 bits per heavy atom. The van der Waals surface area contributed by atoms with Crippen molar-refractivity contribution in [1.82, 2.24) is 4.90 Å². The van der Waals surface area contributed by atoms with Crippen molar-refractivity contribution in [3.63, 3.8) is 0 Å². The van der Waals surface area contributed by atoms with E-state index in [1.807, 2.05) is 32.0 Å². The van der Waals surface area contributed by atoms with Crippen LogP contribution in [-0.4, -0.2) is 23.9 Å². The summed E-state index contributed by atoms with van der Waals surface area (Å²) in [6, 6.07) is 7.97. The third kappa shape index (κ3) is 2.47. The first kappa shape index (κ1) is 14.4. The van der Waals surface area contributed by atoms with Crippen molar-refractivity contribution >= 4 is 33.0 Å². The highest BCUT2D eigenvalue weighted by atomic mass is 32.1. The fraction of sp³-hybridized carbons (Fsp3) is 0.333. The number of carbonyl (C=O) groups excluding carboxylic acids is 1. The van der Waals surface area contributed by atoms with Crippen molar-refractivity contribution in [1.29, 1.82) is 5.26 Å². The molecule has 0 fully saturated rings. The molecule has 0 aliphatic carbocycles. The maximum atomic E-state index is 12.5. The summed E-state index contributed by atoms with van der Waals surface area (Å²) in [5, 5.41) is 9.60. The summed E-state index contributed by atoms with van der Waals surface area (Å²) in [5.41, 5.74) is 7.80. The van der Waals surface area contributed by atoms with Gasteiger partial charge in [-0.3, -0.25) is 4.79 Å². The molecule has 0 saturated heterocycles. The Morgan fingerprint density at radius 2 is 2.25 bits per heavy atom. The number of rotatable bonds is 4. The quantitative estimate of drug-likeness (QED) is 0.939. The van der Waals surface area contributed by atoms with Crippen LogP contribution in [0.3, 0.4) is 0 Å². The summed E-state index contributed by atoms with van der Waals surface area (Å²) in [6.07, 6.45) is 0.337. The van der Waals surface area contributed by atoms with E-state index in [1.54, 1.807) is 4.90 Å². The Bertz CT molecular complexity index is 684. The zero-order valence-corrected chi connectivity index (χ0v) is 12.5. The van der Waals surface area contributed by atoms with E-state index in [0.29, 0.717) is 30.1 Å². The zero-order valence-electron chi connectivity index (χ0n) is 11.6. The molecule has 104 valence electrons. The van der Waals surface area contributed by atoms with Crippen LogP contribution in [0.1, 0.15) is 28.6 Å². The van der Waals surface area contributed by atoms with Crippen molar-refractivity contribution in [2.45, 2.75) is 20.3 Å². The first-order valence-electron chi connectivity index (χ1n) is 6.54. The smallest absolute Gasteiger partial charge is 0.266 e. The molecule has 4 nitrogen and oxygen atoms in total. The summed E-state index contributed by atoms with van der Waals surface area (Å²) in [4.78, 5) is 14.8. The minimum absolute atomic E-state index is 0.0825. The van der Waals surface area contributed by atoms with Gasteiger partial charge in [0.2, 0.25) is 0 Å². The number of nitrogens with two attached hydrogens (primary N) is 1. The summed E-state index contributed by atoms with van der Waals surface area (Å²) in [6.45, 7) is 4.94. The molecule has 2 rings (SSSR count). The number of fused-ring (bicyclic) bond motifs is 1. The van der Waals surface area contributed by atoms with Crippen LogP contribution in [0.4, 0.5) is 5.69 Å². The fourth-order valence-corrected chi connectivity index (χ4v) is 3.33. The molecule has 0 aliphatic rings. The normalized spacial score (nSPS) is 10.4. The van der Waals surface area contributed by atoms with Crippen LogP contribution in [0.15, 0.2) is 18.2 Å². The maximum Gasteiger partial charge on any atom is 0.266 e. The monoisotopic (exact) mass is 287 g/mol. The van der Waals surface area contributed by atoms with E-state index in [9.17, 15) is 4.79 Å². The van der Waals surface area contributed by atoms with E-state index in [2.05, 4.69) is 6.07 Å². The average Bonchev–Trinajstić information content (AvgIpc) is 2.78. The zero-order chi connectivity index (χ0) is 14.7. The van der Waals surface area contributed by atoms with Gasteiger partial charge in [-0.2, -0.15) is 5.26 Å². The van der Waals surface area contributed by atoms with Crippen molar-refractivity contribution in [2.24, 2.45) is 0 Å². The lowest BCUT2D eigenvalue weighted by Crippen LogP contribution is -2.31. The number of thiophene rings is 1. The fourth-order valence-electron chi connectivity index (χ4n) is 2.17. The lowest BCUT2D eigenvalue weighted by Gasteiger charge is -2.18. The van der Waals surface area contributed by atoms with E-state index in [4.69, 9.17) is 11.0 Å². The van der Waals surface area contributed by atoms with Gasteiger partial charge < -0.3 is 10.6 Å². The van der Waals surface area contributed by atoms with Crippen LogP contribution in [0.5, 0.6) is 0 Å². The molecule has 0 saturated carbocycles. The highest BCUT2D eigenvalue weighted by Gasteiger charge is 2.21. The number of nitrogen functional groups attached to an aromatic ring is 1. The molecule has 0 spiro atoms. The minimum atomic E-state index is -0.0825. The van der Waals surface area contributed by atoms with E-state index in [1.165, 1.54) is 11.3 Å². The van der Waals surface area contributed by atoms with Gasteiger partial charge in [-0.1, -0.05) is 18.2 Å². The molecule has 0 atom stereocenters. The Kier molecular flexibility index (Phi) is 4.26. The molecule has 1 aromatic carbocycles. The molecule has 0 aliphatic heterocycles. The molecular formula is C15H17N3OS. The standard InChI is InChI=1S/C15H17N3OS/c1-3-18(9-5-8-16)15(19)14-12(17)11-7-4-6-10(2)13(11)20-14/h4,6-7H,3,5,9,17H2,1-2H3. The lowest BCUT2D eigenvalue weighted by molar-refractivity contribution is 0.0773. The van der Waals surface area contributed by atoms with Gasteiger partial charge in [0.25, 0.3) is 5.91 Å². The van der Waals surface area contributed by atoms with Gasteiger partial charge >= 0.3 is 0 Å². The van der Waals surface area contributed by atoms with Gasteiger partial charge in [-0.25, -0.2) is 0 Å². The van der Waals surface area contributed by atoms with E-state index < -0.39 is 0 Å². The first-order chi connectivity index (χ1) is 9.60. The van der Waals surface area contributed by atoms with E-state index in [-0.39, 0.29) is 5.91 Å². The highest BCUT2D eigenvalue weighted by molar-refractivity contribution is 7.21. The Morgan fingerprint density at radius 1 is 1.50 bits per heavy atom. The third-order valence-corrected chi connectivity index (χ3v) is 4.65. The SMILES string of the molecule is CCN(CCC#N)C(=O)c1sc2c(C)cccc2c1N. The third-order valence-electron chi connectivity index (χ3n) is 3.31. The Labute approximate surface area is 122 Å². The molecule has 1 heterocycles. The highest BCUT2D eigenvalue weighted by Crippen LogP contribution is 2.36. The van der Waals surface area contributed by atoms with Crippen molar-refractivity contribution < 1.29 is 4.79 Å². The molecule has 1 aromatic heterocycles. The minimum Gasteiger partial charge on any atom is -0.397 e. The summed E-state index contributed by atoms with van der Waals surface area (Å²) in [7, 11) is 0. The summed E-state index contributed by atoms with van der Waals surface area (Å²) in [5.74, 6) is -0.0825. The van der Waals surface area contributed by atoms with Crippen LogP contribution in [0, 0.1) is 18.3 Å². The molecule has 0 radical (unpaired) electrons. The van der Waals surface area contributed by atoms with Gasteiger partial charge in [0, 0.05) is 23.2 Å². The molecule has 5 heteroatoms. The summed E-state index contributed by atoms with van der Waals surface area (Å²) >= 11 is 1.44. The van der Waals surface area contributed by atoms with Gasteiger partial charge in [-0.15, -0.1) is 11.3 Å². The van der Waals surface area contributed by atoms with Crippen LogP contribution in [-0.2, 0) is 0 Å². The first-order valence-corrected chi connectivity index (χ1v) is 7.35. The van der Waals surface area contributed by atoms with Crippen LogP contribution in [0.25, 0.3) is 10.1 Å².